The van der Waals surface area contributed by atoms with Gasteiger partial charge in [0.2, 0.25) is 5.91 Å². The highest BCUT2D eigenvalue weighted by Crippen LogP contribution is 2.27. The van der Waals surface area contributed by atoms with Crippen LogP contribution in [0.2, 0.25) is 0 Å². The van der Waals surface area contributed by atoms with Gasteiger partial charge >= 0.3 is 0 Å². The van der Waals surface area contributed by atoms with E-state index >= 15 is 0 Å². The van der Waals surface area contributed by atoms with E-state index in [2.05, 4.69) is 15.5 Å². The monoisotopic (exact) mass is 546 g/mol. The molecule has 0 radical (unpaired) electrons. The van der Waals surface area contributed by atoms with Gasteiger partial charge in [-0.1, -0.05) is 32.0 Å². The van der Waals surface area contributed by atoms with Gasteiger partial charge in [0.25, 0.3) is 11.8 Å². The fourth-order valence-corrected chi connectivity index (χ4v) is 4.59. The van der Waals surface area contributed by atoms with Gasteiger partial charge in [0, 0.05) is 56.1 Å². The fourth-order valence-electron chi connectivity index (χ4n) is 4.59. The second-order valence-corrected chi connectivity index (χ2v) is 10.2. The van der Waals surface area contributed by atoms with Crippen LogP contribution in [0.3, 0.4) is 0 Å². The minimum absolute atomic E-state index is 0.141. The minimum Gasteiger partial charge on any atom is -0.497 e. The SMILES string of the molecule is COc1cccc(C(=O)Nc2ccc(N3CCN(C(=O)CC(C)C)CC3)c(C(=O)NCc3ccc(F)cc3)c2)c1. The summed E-state index contributed by atoms with van der Waals surface area (Å²) < 4.78 is 18.5. The van der Waals surface area contributed by atoms with E-state index in [1.807, 2.05) is 24.8 Å². The van der Waals surface area contributed by atoms with Gasteiger partial charge in [0.1, 0.15) is 11.6 Å². The lowest BCUT2D eigenvalue weighted by atomic mass is 10.1. The van der Waals surface area contributed by atoms with Crippen molar-refractivity contribution in [3.8, 4) is 5.75 Å². The second kappa shape index (κ2) is 13.1. The van der Waals surface area contributed by atoms with Crippen molar-refractivity contribution in [2.24, 2.45) is 5.92 Å². The van der Waals surface area contributed by atoms with Crippen molar-refractivity contribution in [3.05, 3.63) is 89.2 Å². The molecule has 9 heteroatoms. The summed E-state index contributed by atoms with van der Waals surface area (Å²) in [5.41, 5.74) is 2.76. The first-order chi connectivity index (χ1) is 19.2. The lowest BCUT2D eigenvalue weighted by Gasteiger charge is -2.37. The number of carbonyl (C=O) groups excluding carboxylic acids is 3. The summed E-state index contributed by atoms with van der Waals surface area (Å²) in [5.74, 6) is -0.00126. The van der Waals surface area contributed by atoms with Crippen molar-refractivity contribution in [1.29, 1.82) is 0 Å². The first-order valence-electron chi connectivity index (χ1n) is 13.4. The number of hydrogen-bond donors (Lipinski definition) is 2. The van der Waals surface area contributed by atoms with E-state index in [-0.39, 0.29) is 30.1 Å². The van der Waals surface area contributed by atoms with E-state index in [1.165, 1.54) is 19.2 Å². The van der Waals surface area contributed by atoms with Gasteiger partial charge < -0.3 is 25.2 Å². The highest BCUT2D eigenvalue weighted by molar-refractivity contribution is 6.06. The Kier molecular flexibility index (Phi) is 9.37. The number of amides is 3. The molecule has 1 saturated heterocycles. The fraction of sp³-hybridized carbons (Fsp3) is 0.323. The molecular formula is C31H35FN4O4. The molecule has 210 valence electrons. The molecule has 1 fully saturated rings. The molecule has 0 spiro atoms. The number of benzene rings is 3. The van der Waals surface area contributed by atoms with Gasteiger partial charge in [0.15, 0.2) is 0 Å². The molecule has 0 aliphatic carbocycles. The molecule has 1 aliphatic heterocycles. The molecule has 3 amide bonds. The molecule has 0 saturated carbocycles. The van der Waals surface area contributed by atoms with Crippen LogP contribution in [-0.4, -0.2) is 55.9 Å². The average Bonchev–Trinajstić information content (AvgIpc) is 2.96. The van der Waals surface area contributed by atoms with Crippen LogP contribution in [0.4, 0.5) is 15.8 Å². The number of methoxy groups -OCH3 is 1. The Hall–Kier alpha value is -4.40. The predicted octanol–water partition coefficient (Wildman–Crippen LogP) is 4.71. The van der Waals surface area contributed by atoms with E-state index in [9.17, 15) is 18.8 Å². The molecule has 3 aromatic carbocycles. The molecule has 0 atom stereocenters. The third-order valence-corrected chi connectivity index (χ3v) is 6.75. The maximum Gasteiger partial charge on any atom is 0.255 e. The molecule has 1 aliphatic rings. The first-order valence-corrected chi connectivity index (χ1v) is 13.4. The van der Waals surface area contributed by atoms with Crippen LogP contribution < -0.4 is 20.3 Å². The zero-order valence-corrected chi connectivity index (χ0v) is 23.1. The maximum atomic E-state index is 13.4. The normalized spacial score (nSPS) is 13.2. The number of halogens is 1. The lowest BCUT2D eigenvalue weighted by Crippen LogP contribution is -2.49. The second-order valence-electron chi connectivity index (χ2n) is 10.2. The van der Waals surface area contributed by atoms with Crippen LogP contribution in [-0.2, 0) is 11.3 Å². The molecule has 0 aromatic heterocycles. The van der Waals surface area contributed by atoms with Crippen molar-refractivity contribution in [2.75, 3.05) is 43.5 Å². The summed E-state index contributed by atoms with van der Waals surface area (Å²) >= 11 is 0. The number of piperazine rings is 1. The summed E-state index contributed by atoms with van der Waals surface area (Å²) in [6.45, 7) is 6.57. The Labute approximate surface area is 234 Å². The molecule has 0 bridgehead atoms. The van der Waals surface area contributed by atoms with E-state index in [1.54, 1.807) is 48.5 Å². The molecular weight excluding hydrogens is 511 g/mol. The Bertz CT molecular complexity index is 1350. The third-order valence-electron chi connectivity index (χ3n) is 6.75. The zero-order valence-electron chi connectivity index (χ0n) is 23.1. The maximum absolute atomic E-state index is 13.4. The molecule has 2 N–H and O–H groups in total. The van der Waals surface area contributed by atoms with Crippen molar-refractivity contribution in [3.63, 3.8) is 0 Å². The summed E-state index contributed by atoms with van der Waals surface area (Å²) in [4.78, 5) is 42.8. The van der Waals surface area contributed by atoms with Crippen molar-refractivity contribution in [2.45, 2.75) is 26.8 Å². The van der Waals surface area contributed by atoms with Crippen LogP contribution >= 0.6 is 0 Å². The first kappa shape index (κ1) is 28.6. The van der Waals surface area contributed by atoms with E-state index in [0.717, 1.165) is 5.56 Å². The smallest absolute Gasteiger partial charge is 0.255 e. The van der Waals surface area contributed by atoms with Crippen molar-refractivity contribution >= 4 is 29.1 Å². The Morgan fingerprint density at radius 2 is 1.65 bits per heavy atom. The van der Waals surface area contributed by atoms with Gasteiger partial charge in [-0.2, -0.15) is 0 Å². The average molecular weight is 547 g/mol. The van der Waals surface area contributed by atoms with Crippen LogP contribution in [0.1, 0.15) is 46.5 Å². The zero-order chi connectivity index (χ0) is 28.6. The molecule has 8 nitrogen and oxygen atoms in total. The standard InChI is InChI=1S/C31H35FN4O4/c1-21(2)17-29(37)36-15-13-35(14-16-36)28-12-11-25(34-30(38)23-5-4-6-26(18-23)40-3)19-27(28)31(39)33-20-22-7-9-24(32)10-8-22/h4-12,18-19,21H,13-17,20H2,1-3H3,(H,33,39)(H,34,38). The summed E-state index contributed by atoms with van der Waals surface area (Å²) in [6.07, 6.45) is 0.513. The van der Waals surface area contributed by atoms with Gasteiger partial charge in [-0.25, -0.2) is 4.39 Å². The molecule has 4 rings (SSSR count). The van der Waals surface area contributed by atoms with Crippen LogP contribution in [0.5, 0.6) is 5.75 Å². The molecule has 1 heterocycles. The predicted molar refractivity (Wildman–Crippen MR) is 153 cm³/mol. The van der Waals surface area contributed by atoms with Crippen LogP contribution in [0.15, 0.2) is 66.7 Å². The minimum atomic E-state index is -0.345. The van der Waals surface area contributed by atoms with Crippen LogP contribution in [0, 0.1) is 11.7 Å². The third kappa shape index (κ3) is 7.37. The highest BCUT2D eigenvalue weighted by atomic mass is 19.1. The quantitative estimate of drug-likeness (QED) is 0.406. The number of ether oxygens (including phenoxy) is 1. The highest BCUT2D eigenvalue weighted by Gasteiger charge is 2.25. The van der Waals surface area contributed by atoms with Gasteiger partial charge in [0.05, 0.1) is 12.7 Å². The molecule has 3 aromatic rings. The number of nitrogens with zero attached hydrogens (tertiary/aromatic N) is 2. The summed E-state index contributed by atoms with van der Waals surface area (Å²) in [7, 11) is 1.53. The topological polar surface area (TPSA) is 91.0 Å². The van der Waals surface area contributed by atoms with Crippen LogP contribution in [0.25, 0.3) is 0 Å². The summed E-state index contributed by atoms with van der Waals surface area (Å²) in [6, 6.07) is 18.0. The number of carbonyl (C=O) groups is 3. The van der Waals surface area contributed by atoms with Gasteiger partial charge in [-0.3, -0.25) is 14.4 Å². The Balaban J connectivity index is 1.54. The van der Waals surface area contributed by atoms with Crippen molar-refractivity contribution < 1.29 is 23.5 Å². The molecule has 0 unspecified atom stereocenters. The molecule has 40 heavy (non-hydrogen) atoms. The Morgan fingerprint density at radius 3 is 2.33 bits per heavy atom. The van der Waals surface area contributed by atoms with E-state index in [4.69, 9.17) is 4.74 Å². The lowest BCUT2D eigenvalue weighted by molar-refractivity contribution is -0.132. The number of anilines is 2. The van der Waals surface area contributed by atoms with Gasteiger partial charge in [-0.05, 0) is 60.0 Å². The number of nitrogens with one attached hydrogen (secondary N) is 2. The van der Waals surface area contributed by atoms with Crippen molar-refractivity contribution in [1.82, 2.24) is 10.2 Å². The largest absolute Gasteiger partial charge is 0.497 e. The van der Waals surface area contributed by atoms with E-state index < -0.39 is 0 Å². The number of hydrogen-bond acceptors (Lipinski definition) is 5. The Morgan fingerprint density at radius 1 is 0.925 bits per heavy atom. The summed E-state index contributed by atoms with van der Waals surface area (Å²) in [5, 5.41) is 5.78. The van der Waals surface area contributed by atoms with Gasteiger partial charge in [-0.15, -0.1) is 0 Å². The van der Waals surface area contributed by atoms with E-state index in [0.29, 0.717) is 66.8 Å². The number of rotatable bonds is 9.